The number of nitrogens with zero attached hydrogens (tertiary/aromatic N) is 2. The molecule has 8 heteroatoms. The molecule has 2 aromatic rings. The first kappa shape index (κ1) is 15.5. The van der Waals surface area contributed by atoms with Gasteiger partial charge in [-0.2, -0.15) is 18.3 Å². The fourth-order valence-electron chi connectivity index (χ4n) is 2.15. The molecule has 21 heavy (non-hydrogen) atoms. The first-order chi connectivity index (χ1) is 9.81. The molecule has 0 saturated carbocycles. The summed E-state index contributed by atoms with van der Waals surface area (Å²) in [6.07, 6.45) is -1.22. The van der Waals surface area contributed by atoms with Crippen LogP contribution in [0.4, 0.5) is 17.6 Å². The van der Waals surface area contributed by atoms with Gasteiger partial charge in [0.05, 0.1) is 17.8 Å². The van der Waals surface area contributed by atoms with Gasteiger partial charge < -0.3 is 0 Å². The summed E-state index contributed by atoms with van der Waals surface area (Å²) in [6.45, 7) is 0. The highest BCUT2D eigenvalue weighted by atomic mass is 19.4. The van der Waals surface area contributed by atoms with E-state index in [2.05, 4.69) is 10.5 Å². The molecule has 3 N–H and O–H groups in total. The fraction of sp³-hybridized carbons (Fsp3) is 0.308. The monoisotopic (exact) mass is 302 g/mol. The van der Waals surface area contributed by atoms with Gasteiger partial charge in [-0.05, 0) is 35.7 Å². The van der Waals surface area contributed by atoms with Crippen molar-refractivity contribution in [1.82, 2.24) is 15.2 Å². The summed E-state index contributed by atoms with van der Waals surface area (Å²) in [5, 5.41) is 3.94. The highest BCUT2D eigenvalue weighted by molar-refractivity contribution is 5.34. The van der Waals surface area contributed by atoms with Crippen LogP contribution < -0.4 is 11.3 Å². The van der Waals surface area contributed by atoms with Crippen LogP contribution in [0.2, 0.25) is 0 Å². The number of hydrogen-bond acceptors (Lipinski definition) is 3. The number of nitrogens with two attached hydrogens (primary N) is 1. The molecule has 0 saturated heterocycles. The third-order valence-electron chi connectivity index (χ3n) is 3.09. The lowest BCUT2D eigenvalue weighted by Crippen LogP contribution is -2.31. The van der Waals surface area contributed by atoms with Gasteiger partial charge in [0.2, 0.25) is 0 Å². The molecule has 0 aliphatic carbocycles. The summed E-state index contributed by atoms with van der Waals surface area (Å²) in [5.41, 5.74) is 1.87. The molecule has 1 aromatic carbocycles. The number of halogens is 4. The van der Waals surface area contributed by atoms with Gasteiger partial charge >= 0.3 is 6.18 Å². The normalized spacial score (nSPS) is 13.4. The van der Waals surface area contributed by atoms with Crippen molar-refractivity contribution < 1.29 is 17.6 Å². The van der Waals surface area contributed by atoms with Crippen LogP contribution in [0.15, 0.2) is 30.6 Å². The quantitative estimate of drug-likeness (QED) is 0.518. The molecule has 0 fully saturated rings. The van der Waals surface area contributed by atoms with Crippen molar-refractivity contribution in [3.05, 3.63) is 53.1 Å². The molecule has 4 nitrogen and oxygen atoms in total. The molecule has 0 amide bonds. The summed E-state index contributed by atoms with van der Waals surface area (Å²) in [5.74, 6) is 4.61. The third kappa shape index (κ3) is 3.59. The Labute approximate surface area is 118 Å². The van der Waals surface area contributed by atoms with E-state index >= 15 is 0 Å². The van der Waals surface area contributed by atoms with Crippen molar-refractivity contribution in [2.45, 2.75) is 18.6 Å². The Morgan fingerprint density at radius 3 is 2.62 bits per heavy atom. The molecule has 1 aromatic heterocycles. The third-order valence-corrected chi connectivity index (χ3v) is 3.09. The van der Waals surface area contributed by atoms with Crippen molar-refractivity contribution in [1.29, 1.82) is 0 Å². The van der Waals surface area contributed by atoms with Crippen LogP contribution in [0.3, 0.4) is 0 Å². The largest absolute Gasteiger partial charge is 0.416 e. The smallest absolute Gasteiger partial charge is 0.276 e. The van der Waals surface area contributed by atoms with E-state index in [4.69, 9.17) is 5.84 Å². The minimum atomic E-state index is -4.58. The van der Waals surface area contributed by atoms with Gasteiger partial charge in [0.1, 0.15) is 5.82 Å². The van der Waals surface area contributed by atoms with Crippen LogP contribution in [0, 0.1) is 5.82 Å². The Morgan fingerprint density at radius 1 is 1.38 bits per heavy atom. The molecular formula is C13H14F4N4. The van der Waals surface area contributed by atoms with Gasteiger partial charge in [0.15, 0.2) is 0 Å². The molecule has 1 heterocycles. The summed E-state index contributed by atoms with van der Waals surface area (Å²) in [4.78, 5) is 0. The lowest BCUT2D eigenvalue weighted by molar-refractivity contribution is -0.138. The van der Waals surface area contributed by atoms with Crippen LogP contribution in [0.1, 0.15) is 22.7 Å². The molecule has 0 aliphatic rings. The van der Waals surface area contributed by atoms with E-state index in [-0.39, 0.29) is 12.0 Å². The number of nitrogens with one attached hydrogen (secondary N) is 1. The fourth-order valence-corrected chi connectivity index (χ4v) is 2.15. The molecule has 0 bridgehead atoms. The Kier molecular flexibility index (Phi) is 4.29. The highest BCUT2D eigenvalue weighted by Gasteiger charge is 2.35. The summed E-state index contributed by atoms with van der Waals surface area (Å²) in [7, 11) is 1.69. The molecular weight excluding hydrogens is 288 g/mol. The van der Waals surface area contributed by atoms with Crippen molar-refractivity contribution in [2.24, 2.45) is 12.9 Å². The van der Waals surface area contributed by atoms with Gasteiger partial charge in [-0.25, -0.2) is 4.39 Å². The van der Waals surface area contributed by atoms with E-state index in [1.165, 1.54) is 10.9 Å². The van der Waals surface area contributed by atoms with E-state index in [1.54, 1.807) is 13.2 Å². The van der Waals surface area contributed by atoms with Crippen molar-refractivity contribution in [2.75, 3.05) is 0 Å². The number of hydrazine groups is 1. The molecule has 0 aliphatic heterocycles. The Balaban J connectivity index is 2.39. The Hall–Kier alpha value is -1.93. The zero-order chi connectivity index (χ0) is 15.6. The van der Waals surface area contributed by atoms with E-state index < -0.39 is 23.6 Å². The molecule has 1 atom stereocenters. The second-order valence-electron chi connectivity index (χ2n) is 4.67. The molecule has 1 unspecified atom stereocenters. The SMILES string of the molecule is Cn1cc(CC(NN)c2cc(F)ccc2C(F)(F)F)cn1. The van der Waals surface area contributed by atoms with Crippen LogP contribution in [0.25, 0.3) is 0 Å². The lowest BCUT2D eigenvalue weighted by Gasteiger charge is -2.20. The van der Waals surface area contributed by atoms with Crippen LogP contribution in [0.5, 0.6) is 0 Å². The number of benzene rings is 1. The van der Waals surface area contributed by atoms with Crippen LogP contribution in [-0.4, -0.2) is 9.78 Å². The minimum absolute atomic E-state index is 0.164. The Bertz CT molecular complexity index is 621. The van der Waals surface area contributed by atoms with E-state index in [0.29, 0.717) is 5.56 Å². The first-order valence-corrected chi connectivity index (χ1v) is 6.11. The maximum atomic E-state index is 13.3. The molecule has 114 valence electrons. The summed E-state index contributed by atoms with van der Waals surface area (Å²) >= 11 is 0. The highest BCUT2D eigenvalue weighted by Crippen LogP contribution is 2.35. The standard InChI is InChI=1S/C13H14F4N4/c1-21-7-8(6-19-21)4-12(20-18)10-5-9(14)2-3-11(10)13(15,16)17/h2-3,5-7,12,20H,4,18H2,1H3. The molecule has 2 rings (SSSR count). The number of hydrogen-bond donors (Lipinski definition) is 2. The lowest BCUT2D eigenvalue weighted by atomic mass is 9.96. The van der Waals surface area contributed by atoms with E-state index in [9.17, 15) is 17.6 Å². The number of aromatic nitrogens is 2. The second kappa shape index (κ2) is 5.82. The minimum Gasteiger partial charge on any atom is -0.276 e. The van der Waals surface area contributed by atoms with Crippen LogP contribution >= 0.6 is 0 Å². The van der Waals surface area contributed by atoms with Crippen molar-refractivity contribution in [3.63, 3.8) is 0 Å². The van der Waals surface area contributed by atoms with Gasteiger partial charge in [-0.1, -0.05) is 0 Å². The summed E-state index contributed by atoms with van der Waals surface area (Å²) < 4.78 is 53.9. The maximum Gasteiger partial charge on any atom is 0.416 e. The van der Waals surface area contributed by atoms with Gasteiger partial charge in [0.25, 0.3) is 0 Å². The van der Waals surface area contributed by atoms with Crippen molar-refractivity contribution in [3.8, 4) is 0 Å². The Morgan fingerprint density at radius 2 is 2.10 bits per heavy atom. The number of alkyl halides is 3. The second-order valence-corrected chi connectivity index (χ2v) is 4.67. The zero-order valence-corrected chi connectivity index (χ0v) is 11.2. The van der Waals surface area contributed by atoms with E-state index in [0.717, 1.165) is 18.2 Å². The van der Waals surface area contributed by atoms with Crippen molar-refractivity contribution >= 4 is 0 Å². The maximum absolute atomic E-state index is 13.3. The van der Waals surface area contributed by atoms with E-state index in [1.807, 2.05) is 0 Å². The topological polar surface area (TPSA) is 55.9 Å². The number of rotatable bonds is 4. The average molecular weight is 302 g/mol. The first-order valence-electron chi connectivity index (χ1n) is 6.11. The molecule has 0 spiro atoms. The average Bonchev–Trinajstić information content (AvgIpc) is 2.80. The predicted octanol–water partition coefficient (Wildman–Crippen LogP) is 2.33. The van der Waals surface area contributed by atoms with Crippen LogP contribution in [-0.2, 0) is 19.6 Å². The number of aryl methyl sites for hydroxylation is 1. The zero-order valence-electron chi connectivity index (χ0n) is 11.2. The summed E-state index contributed by atoms with van der Waals surface area (Å²) in [6, 6.07) is 1.48. The van der Waals surface area contributed by atoms with Gasteiger partial charge in [-0.3, -0.25) is 16.0 Å². The molecule has 0 radical (unpaired) electrons. The van der Waals surface area contributed by atoms with Gasteiger partial charge in [0, 0.05) is 13.2 Å². The predicted molar refractivity (Wildman–Crippen MR) is 68.4 cm³/mol. The van der Waals surface area contributed by atoms with Gasteiger partial charge in [-0.15, -0.1) is 0 Å².